The van der Waals surface area contributed by atoms with Crippen LogP contribution in [0, 0.1) is 0 Å². The van der Waals surface area contributed by atoms with Crippen molar-refractivity contribution in [3.63, 3.8) is 0 Å². The van der Waals surface area contributed by atoms with E-state index in [-0.39, 0.29) is 5.91 Å². The minimum absolute atomic E-state index is 0.0822. The molecule has 0 aliphatic carbocycles. The quantitative estimate of drug-likeness (QED) is 0.574. The Morgan fingerprint density at radius 2 is 1.69 bits per heavy atom. The summed E-state index contributed by atoms with van der Waals surface area (Å²) in [6.45, 7) is 0.488. The maximum atomic E-state index is 12.1. The molecule has 0 aliphatic rings. The number of carbonyl (C=O) groups excluding carboxylic acids is 1. The van der Waals surface area contributed by atoms with Gasteiger partial charge in [0.15, 0.2) is 5.75 Å². The fraction of sp³-hybridized carbons (Fsp3) is 0.0952. The SMILES string of the molecule is O=C(CCNc1ccccc1Oc1ccccc1)Nc1cccc(Cl)c1. The second-order valence-electron chi connectivity index (χ2n) is 5.65. The van der Waals surface area contributed by atoms with Crippen molar-refractivity contribution in [3.05, 3.63) is 83.9 Å². The average Bonchev–Trinajstić information content (AvgIpc) is 2.64. The lowest BCUT2D eigenvalue weighted by Gasteiger charge is -2.13. The van der Waals surface area contributed by atoms with Crippen LogP contribution in [0.1, 0.15) is 6.42 Å². The number of para-hydroxylation sites is 3. The van der Waals surface area contributed by atoms with Gasteiger partial charge in [-0.1, -0.05) is 48.0 Å². The van der Waals surface area contributed by atoms with Gasteiger partial charge in [-0.25, -0.2) is 0 Å². The number of anilines is 2. The molecular weight excluding hydrogens is 348 g/mol. The van der Waals surface area contributed by atoms with Crippen molar-refractivity contribution < 1.29 is 9.53 Å². The second kappa shape index (κ2) is 8.92. The van der Waals surface area contributed by atoms with Crippen LogP contribution in [-0.4, -0.2) is 12.5 Å². The molecule has 0 bridgehead atoms. The summed E-state index contributed by atoms with van der Waals surface area (Å²) >= 11 is 5.92. The molecule has 0 heterocycles. The zero-order valence-electron chi connectivity index (χ0n) is 14.1. The largest absolute Gasteiger partial charge is 0.455 e. The molecule has 0 unspecified atom stereocenters. The Bertz CT molecular complexity index is 869. The first-order valence-corrected chi connectivity index (χ1v) is 8.70. The zero-order valence-corrected chi connectivity index (χ0v) is 14.9. The Hall–Kier alpha value is -2.98. The molecule has 0 saturated heterocycles. The van der Waals surface area contributed by atoms with Gasteiger partial charge in [0.2, 0.25) is 5.91 Å². The lowest BCUT2D eigenvalue weighted by Crippen LogP contribution is -2.16. The van der Waals surface area contributed by atoms with Crippen molar-refractivity contribution in [2.45, 2.75) is 6.42 Å². The van der Waals surface area contributed by atoms with E-state index in [0.717, 1.165) is 11.4 Å². The smallest absolute Gasteiger partial charge is 0.226 e. The molecule has 132 valence electrons. The summed E-state index contributed by atoms with van der Waals surface area (Å²) in [7, 11) is 0. The van der Waals surface area contributed by atoms with Crippen molar-refractivity contribution in [3.8, 4) is 11.5 Å². The number of benzene rings is 3. The summed E-state index contributed by atoms with van der Waals surface area (Å²) in [5, 5.41) is 6.67. The van der Waals surface area contributed by atoms with Gasteiger partial charge in [0.05, 0.1) is 5.69 Å². The topological polar surface area (TPSA) is 50.4 Å². The lowest BCUT2D eigenvalue weighted by atomic mass is 10.2. The summed E-state index contributed by atoms with van der Waals surface area (Å²) < 4.78 is 5.90. The molecule has 0 spiro atoms. The highest BCUT2D eigenvalue weighted by Gasteiger charge is 2.06. The molecular formula is C21H19ClN2O2. The molecule has 5 heteroatoms. The van der Waals surface area contributed by atoms with Gasteiger partial charge in [0.25, 0.3) is 0 Å². The van der Waals surface area contributed by atoms with Crippen molar-refractivity contribution in [2.75, 3.05) is 17.2 Å². The van der Waals surface area contributed by atoms with Gasteiger partial charge in [-0.15, -0.1) is 0 Å². The number of amides is 1. The standard InChI is InChI=1S/C21H19ClN2O2/c22-16-7-6-8-17(15-16)24-21(25)13-14-23-19-11-4-5-12-20(19)26-18-9-2-1-3-10-18/h1-12,15,23H,13-14H2,(H,24,25). The fourth-order valence-corrected chi connectivity index (χ4v) is 2.61. The highest BCUT2D eigenvalue weighted by Crippen LogP contribution is 2.29. The highest BCUT2D eigenvalue weighted by molar-refractivity contribution is 6.30. The summed E-state index contributed by atoms with van der Waals surface area (Å²) in [6.07, 6.45) is 0.326. The van der Waals surface area contributed by atoms with Gasteiger partial charge >= 0.3 is 0 Å². The average molecular weight is 367 g/mol. The minimum Gasteiger partial charge on any atom is -0.455 e. The number of halogens is 1. The second-order valence-corrected chi connectivity index (χ2v) is 6.08. The third kappa shape index (κ3) is 5.26. The molecule has 0 saturated carbocycles. The Balaban J connectivity index is 1.54. The summed E-state index contributed by atoms with van der Waals surface area (Å²) in [5.41, 5.74) is 1.53. The molecule has 3 rings (SSSR count). The van der Waals surface area contributed by atoms with Crippen LogP contribution in [0.4, 0.5) is 11.4 Å². The number of ether oxygens (including phenoxy) is 1. The Labute approximate surface area is 157 Å². The first-order chi connectivity index (χ1) is 12.7. The maximum absolute atomic E-state index is 12.1. The van der Waals surface area contributed by atoms with E-state index in [0.29, 0.717) is 29.4 Å². The summed E-state index contributed by atoms with van der Waals surface area (Å²) in [5.74, 6) is 1.40. The number of hydrogen-bond acceptors (Lipinski definition) is 3. The van der Waals surface area contributed by atoms with E-state index in [1.165, 1.54) is 0 Å². The number of rotatable bonds is 7. The number of hydrogen-bond donors (Lipinski definition) is 2. The molecule has 3 aromatic carbocycles. The third-order valence-electron chi connectivity index (χ3n) is 3.63. The van der Waals surface area contributed by atoms with Gasteiger partial charge in [-0.05, 0) is 42.5 Å². The molecule has 0 fully saturated rings. The van der Waals surface area contributed by atoms with Crippen molar-refractivity contribution in [2.24, 2.45) is 0 Å². The van der Waals surface area contributed by atoms with Crippen LogP contribution in [-0.2, 0) is 4.79 Å². The van der Waals surface area contributed by atoms with E-state index in [4.69, 9.17) is 16.3 Å². The fourth-order valence-electron chi connectivity index (χ4n) is 2.42. The van der Waals surface area contributed by atoms with Crippen LogP contribution >= 0.6 is 11.6 Å². The number of carbonyl (C=O) groups is 1. The van der Waals surface area contributed by atoms with E-state index >= 15 is 0 Å². The van der Waals surface area contributed by atoms with E-state index in [1.54, 1.807) is 24.3 Å². The van der Waals surface area contributed by atoms with Crippen molar-refractivity contribution >= 4 is 28.9 Å². The van der Waals surface area contributed by atoms with Gasteiger partial charge in [0, 0.05) is 23.7 Å². The predicted octanol–water partition coefficient (Wildman–Crippen LogP) is 5.57. The highest BCUT2D eigenvalue weighted by atomic mass is 35.5. The Morgan fingerprint density at radius 1 is 0.923 bits per heavy atom. The van der Waals surface area contributed by atoms with Crippen LogP contribution in [0.15, 0.2) is 78.9 Å². The molecule has 0 radical (unpaired) electrons. The molecule has 3 aromatic rings. The normalized spacial score (nSPS) is 10.2. The third-order valence-corrected chi connectivity index (χ3v) is 3.87. The lowest BCUT2D eigenvalue weighted by molar-refractivity contribution is -0.115. The maximum Gasteiger partial charge on any atom is 0.226 e. The monoisotopic (exact) mass is 366 g/mol. The number of nitrogens with one attached hydrogen (secondary N) is 2. The van der Waals surface area contributed by atoms with E-state index < -0.39 is 0 Å². The first kappa shape index (κ1) is 17.8. The summed E-state index contributed by atoms with van der Waals surface area (Å²) in [4.78, 5) is 12.1. The van der Waals surface area contributed by atoms with Crippen LogP contribution in [0.25, 0.3) is 0 Å². The van der Waals surface area contributed by atoms with Crippen LogP contribution < -0.4 is 15.4 Å². The minimum atomic E-state index is -0.0822. The first-order valence-electron chi connectivity index (χ1n) is 8.32. The molecule has 1 amide bonds. The summed E-state index contributed by atoms with van der Waals surface area (Å²) in [6, 6.07) is 24.3. The Kier molecular flexibility index (Phi) is 6.12. The zero-order chi connectivity index (χ0) is 18.2. The molecule has 4 nitrogen and oxygen atoms in total. The molecule has 0 aliphatic heterocycles. The van der Waals surface area contributed by atoms with E-state index in [2.05, 4.69) is 10.6 Å². The predicted molar refractivity (Wildman–Crippen MR) is 106 cm³/mol. The van der Waals surface area contributed by atoms with E-state index in [9.17, 15) is 4.79 Å². The van der Waals surface area contributed by atoms with E-state index in [1.807, 2.05) is 54.6 Å². The van der Waals surface area contributed by atoms with Gasteiger partial charge in [-0.3, -0.25) is 4.79 Å². The van der Waals surface area contributed by atoms with Crippen LogP contribution in [0.2, 0.25) is 5.02 Å². The Morgan fingerprint density at radius 3 is 2.50 bits per heavy atom. The van der Waals surface area contributed by atoms with Gasteiger partial charge in [-0.2, -0.15) is 0 Å². The van der Waals surface area contributed by atoms with Crippen LogP contribution in [0.5, 0.6) is 11.5 Å². The molecule has 0 aromatic heterocycles. The van der Waals surface area contributed by atoms with Gasteiger partial charge < -0.3 is 15.4 Å². The molecule has 0 atom stereocenters. The van der Waals surface area contributed by atoms with Crippen molar-refractivity contribution in [1.29, 1.82) is 0 Å². The van der Waals surface area contributed by atoms with Crippen LogP contribution in [0.3, 0.4) is 0 Å². The molecule has 2 N–H and O–H groups in total. The van der Waals surface area contributed by atoms with Gasteiger partial charge in [0.1, 0.15) is 5.75 Å². The van der Waals surface area contributed by atoms with Crippen molar-refractivity contribution in [1.82, 2.24) is 0 Å². The molecule has 26 heavy (non-hydrogen) atoms.